The lowest BCUT2D eigenvalue weighted by atomic mass is 9.78. The standard InChI is InChI=1S/C10H16.C2H4O2/c1-2-6-10-8-4-3-7-9(10)5-1;1-2(3)4/h5,10H,1-4,6-8H2;1H3,(H,3,4). The summed E-state index contributed by atoms with van der Waals surface area (Å²) in [5.41, 5.74) is 1.80. The number of hydrogen-bond acceptors (Lipinski definition) is 1. The molecule has 1 N–H and O–H groups in total. The monoisotopic (exact) mass is 196 g/mol. The van der Waals surface area contributed by atoms with Crippen LogP contribution in [-0.2, 0) is 4.79 Å². The van der Waals surface area contributed by atoms with Gasteiger partial charge in [-0.25, -0.2) is 0 Å². The molecule has 2 rings (SSSR count). The van der Waals surface area contributed by atoms with E-state index < -0.39 is 5.97 Å². The van der Waals surface area contributed by atoms with E-state index in [4.69, 9.17) is 9.90 Å². The highest BCUT2D eigenvalue weighted by molar-refractivity contribution is 5.62. The lowest BCUT2D eigenvalue weighted by Crippen LogP contribution is -2.12. The van der Waals surface area contributed by atoms with E-state index in [0.717, 1.165) is 12.8 Å². The van der Waals surface area contributed by atoms with E-state index in [1.807, 2.05) is 0 Å². The second kappa shape index (κ2) is 5.84. The van der Waals surface area contributed by atoms with Gasteiger partial charge in [-0.3, -0.25) is 4.79 Å². The molecule has 2 aliphatic rings. The van der Waals surface area contributed by atoms with E-state index in [0.29, 0.717) is 0 Å². The Morgan fingerprint density at radius 2 is 2.00 bits per heavy atom. The second-order valence-corrected chi connectivity index (χ2v) is 4.17. The Bertz CT molecular complexity index is 214. The van der Waals surface area contributed by atoms with Crippen molar-refractivity contribution in [3.63, 3.8) is 0 Å². The summed E-state index contributed by atoms with van der Waals surface area (Å²) in [6.07, 6.45) is 12.7. The zero-order chi connectivity index (χ0) is 10.4. The summed E-state index contributed by atoms with van der Waals surface area (Å²) in [6, 6.07) is 0. The van der Waals surface area contributed by atoms with E-state index in [-0.39, 0.29) is 0 Å². The quantitative estimate of drug-likeness (QED) is 0.603. The zero-order valence-electron chi connectivity index (χ0n) is 8.96. The maximum Gasteiger partial charge on any atom is 0.300 e. The van der Waals surface area contributed by atoms with Crippen LogP contribution < -0.4 is 0 Å². The third kappa shape index (κ3) is 3.95. The molecule has 2 nitrogen and oxygen atoms in total. The summed E-state index contributed by atoms with van der Waals surface area (Å²) in [7, 11) is 0. The first-order valence-electron chi connectivity index (χ1n) is 5.58. The fourth-order valence-corrected chi connectivity index (χ4v) is 2.36. The number of aliphatic carboxylic acids is 1. The molecule has 1 atom stereocenters. The molecular formula is C12H20O2. The molecule has 0 spiro atoms. The van der Waals surface area contributed by atoms with Crippen LogP contribution in [0.25, 0.3) is 0 Å². The summed E-state index contributed by atoms with van der Waals surface area (Å²) in [6.45, 7) is 1.08. The summed E-state index contributed by atoms with van der Waals surface area (Å²) >= 11 is 0. The molecule has 1 saturated carbocycles. The lowest BCUT2D eigenvalue weighted by molar-refractivity contribution is -0.134. The molecule has 0 heterocycles. The van der Waals surface area contributed by atoms with Crippen LogP contribution in [0.3, 0.4) is 0 Å². The maximum atomic E-state index is 9.00. The van der Waals surface area contributed by atoms with Crippen LogP contribution >= 0.6 is 0 Å². The Hall–Kier alpha value is -0.790. The largest absolute Gasteiger partial charge is 0.481 e. The molecule has 0 saturated heterocycles. The van der Waals surface area contributed by atoms with Crippen LogP contribution in [0.5, 0.6) is 0 Å². The predicted molar refractivity (Wildman–Crippen MR) is 57.2 cm³/mol. The van der Waals surface area contributed by atoms with Gasteiger partial charge in [0.15, 0.2) is 0 Å². The molecule has 2 aliphatic carbocycles. The van der Waals surface area contributed by atoms with Crippen LogP contribution in [-0.4, -0.2) is 11.1 Å². The molecule has 80 valence electrons. The second-order valence-electron chi connectivity index (χ2n) is 4.17. The van der Waals surface area contributed by atoms with Crippen molar-refractivity contribution in [3.8, 4) is 0 Å². The highest BCUT2D eigenvalue weighted by Crippen LogP contribution is 2.36. The van der Waals surface area contributed by atoms with Gasteiger partial charge in [-0.05, 0) is 44.4 Å². The van der Waals surface area contributed by atoms with Crippen molar-refractivity contribution in [2.45, 2.75) is 51.9 Å². The van der Waals surface area contributed by atoms with Gasteiger partial charge in [-0.1, -0.05) is 18.1 Å². The van der Waals surface area contributed by atoms with Gasteiger partial charge in [-0.2, -0.15) is 0 Å². The Morgan fingerprint density at radius 3 is 2.64 bits per heavy atom. The lowest BCUT2D eigenvalue weighted by Gasteiger charge is -2.28. The first kappa shape index (κ1) is 11.3. The fraction of sp³-hybridized carbons (Fsp3) is 0.750. The number of fused-ring (bicyclic) bond motifs is 1. The third-order valence-corrected chi connectivity index (χ3v) is 2.96. The van der Waals surface area contributed by atoms with Crippen LogP contribution in [0.1, 0.15) is 51.9 Å². The minimum atomic E-state index is -0.833. The molecule has 1 fully saturated rings. The van der Waals surface area contributed by atoms with Crippen molar-refractivity contribution < 1.29 is 9.90 Å². The van der Waals surface area contributed by atoms with Crippen molar-refractivity contribution in [3.05, 3.63) is 11.6 Å². The minimum Gasteiger partial charge on any atom is -0.481 e. The Balaban J connectivity index is 0.000000213. The highest BCUT2D eigenvalue weighted by Gasteiger charge is 2.20. The van der Waals surface area contributed by atoms with Gasteiger partial charge in [0.25, 0.3) is 5.97 Å². The van der Waals surface area contributed by atoms with E-state index in [1.165, 1.54) is 44.9 Å². The number of carboxylic acid groups (broad SMARTS) is 1. The average molecular weight is 196 g/mol. The van der Waals surface area contributed by atoms with Crippen LogP contribution in [0, 0.1) is 5.92 Å². The summed E-state index contributed by atoms with van der Waals surface area (Å²) in [4.78, 5) is 9.00. The van der Waals surface area contributed by atoms with Crippen molar-refractivity contribution in [2.75, 3.05) is 0 Å². The molecule has 0 aromatic rings. The van der Waals surface area contributed by atoms with Crippen molar-refractivity contribution in [2.24, 2.45) is 5.92 Å². The van der Waals surface area contributed by atoms with Gasteiger partial charge in [0.1, 0.15) is 0 Å². The van der Waals surface area contributed by atoms with E-state index in [2.05, 4.69) is 6.08 Å². The summed E-state index contributed by atoms with van der Waals surface area (Å²) in [5.74, 6) is 0.183. The molecule has 0 amide bonds. The smallest absolute Gasteiger partial charge is 0.300 e. The molecule has 1 unspecified atom stereocenters. The van der Waals surface area contributed by atoms with Crippen LogP contribution in [0.4, 0.5) is 0 Å². The number of hydrogen-bond donors (Lipinski definition) is 1. The SMILES string of the molecule is C1=C2CCCCC2CCC1.CC(=O)O. The van der Waals surface area contributed by atoms with Gasteiger partial charge < -0.3 is 5.11 Å². The molecule has 0 aromatic carbocycles. The number of carboxylic acids is 1. The van der Waals surface area contributed by atoms with E-state index in [9.17, 15) is 0 Å². The van der Waals surface area contributed by atoms with Gasteiger partial charge in [0.2, 0.25) is 0 Å². The highest BCUT2D eigenvalue weighted by atomic mass is 16.4. The Morgan fingerprint density at radius 1 is 1.36 bits per heavy atom. The molecule has 2 heteroatoms. The normalized spacial score (nSPS) is 25.2. The van der Waals surface area contributed by atoms with E-state index >= 15 is 0 Å². The minimum absolute atomic E-state index is 0.833. The summed E-state index contributed by atoms with van der Waals surface area (Å²) in [5, 5.41) is 7.42. The molecule has 0 aliphatic heterocycles. The van der Waals surface area contributed by atoms with Gasteiger partial charge in [-0.15, -0.1) is 0 Å². The van der Waals surface area contributed by atoms with Crippen LogP contribution in [0.2, 0.25) is 0 Å². The maximum absolute atomic E-state index is 9.00. The predicted octanol–water partition coefficient (Wildman–Crippen LogP) is 3.38. The Kier molecular flexibility index (Phi) is 4.71. The first-order chi connectivity index (χ1) is 6.70. The van der Waals surface area contributed by atoms with Crippen molar-refractivity contribution in [1.82, 2.24) is 0 Å². The van der Waals surface area contributed by atoms with Gasteiger partial charge in [0.05, 0.1) is 0 Å². The zero-order valence-corrected chi connectivity index (χ0v) is 8.96. The molecule has 0 radical (unpaired) electrons. The summed E-state index contributed by atoms with van der Waals surface area (Å²) < 4.78 is 0. The van der Waals surface area contributed by atoms with Crippen molar-refractivity contribution in [1.29, 1.82) is 0 Å². The number of rotatable bonds is 0. The molecule has 0 aromatic heterocycles. The Labute approximate surface area is 86.0 Å². The average Bonchev–Trinajstić information content (AvgIpc) is 2.17. The first-order valence-corrected chi connectivity index (χ1v) is 5.58. The molecular weight excluding hydrogens is 176 g/mol. The molecule has 14 heavy (non-hydrogen) atoms. The fourth-order valence-electron chi connectivity index (χ4n) is 2.36. The van der Waals surface area contributed by atoms with Crippen molar-refractivity contribution >= 4 is 5.97 Å². The topological polar surface area (TPSA) is 37.3 Å². The molecule has 0 bridgehead atoms. The number of allylic oxidation sites excluding steroid dienone is 2. The third-order valence-electron chi connectivity index (χ3n) is 2.96. The van der Waals surface area contributed by atoms with Crippen LogP contribution in [0.15, 0.2) is 11.6 Å². The van der Waals surface area contributed by atoms with E-state index in [1.54, 1.807) is 5.57 Å². The number of carbonyl (C=O) groups is 1. The van der Waals surface area contributed by atoms with Gasteiger partial charge >= 0.3 is 0 Å². The van der Waals surface area contributed by atoms with Gasteiger partial charge in [0, 0.05) is 6.92 Å².